The lowest BCUT2D eigenvalue weighted by Crippen LogP contribution is -2.08. The molecular weight excluding hydrogens is 246 g/mol. The van der Waals surface area contributed by atoms with Crippen LogP contribution < -0.4 is 5.32 Å². The standard InChI is InChI=1S/C12H11N5O2/c1-8(10-6-14-15-7-10)16-11-4-9(5-13)2-3-12(11)17(18)19/h2-4,6-8,16H,1H3,(H,14,15). The lowest BCUT2D eigenvalue weighted by Gasteiger charge is -2.13. The Labute approximate surface area is 109 Å². The zero-order valence-corrected chi connectivity index (χ0v) is 10.1. The maximum absolute atomic E-state index is 11.0. The summed E-state index contributed by atoms with van der Waals surface area (Å²) in [5.74, 6) is 0. The van der Waals surface area contributed by atoms with Gasteiger partial charge in [0.15, 0.2) is 0 Å². The number of rotatable bonds is 4. The van der Waals surface area contributed by atoms with Crippen molar-refractivity contribution in [2.45, 2.75) is 13.0 Å². The minimum Gasteiger partial charge on any atom is -0.373 e. The van der Waals surface area contributed by atoms with Gasteiger partial charge in [-0.25, -0.2) is 0 Å². The zero-order valence-electron chi connectivity index (χ0n) is 10.1. The summed E-state index contributed by atoms with van der Waals surface area (Å²) in [5, 5.41) is 29.3. The number of nitro groups is 1. The monoisotopic (exact) mass is 257 g/mol. The molecule has 19 heavy (non-hydrogen) atoms. The van der Waals surface area contributed by atoms with Crippen LogP contribution in [0.1, 0.15) is 24.1 Å². The summed E-state index contributed by atoms with van der Waals surface area (Å²) in [4.78, 5) is 10.5. The Morgan fingerprint density at radius 1 is 1.58 bits per heavy atom. The molecule has 7 heteroatoms. The SMILES string of the molecule is CC(Nc1cc(C#N)ccc1[N+](=O)[O-])c1cn[nH]c1. The van der Waals surface area contributed by atoms with Crippen molar-refractivity contribution in [1.82, 2.24) is 10.2 Å². The number of nitrogens with one attached hydrogen (secondary N) is 2. The van der Waals surface area contributed by atoms with E-state index in [1.807, 2.05) is 13.0 Å². The Bertz CT molecular complexity index is 630. The van der Waals surface area contributed by atoms with Gasteiger partial charge in [-0.05, 0) is 19.1 Å². The Balaban J connectivity index is 2.32. The third-order valence-corrected chi connectivity index (χ3v) is 2.71. The summed E-state index contributed by atoms with van der Waals surface area (Å²) in [6, 6.07) is 6.01. The number of aromatic amines is 1. The van der Waals surface area contributed by atoms with E-state index in [-0.39, 0.29) is 11.7 Å². The lowest BCUT2D eigenvalue weighted by molar-refractivity contribution is -0.384. The highest BCUT2D eigenvalue weighted by Crippen LogP contribution is 2.28. The number of aromatic nitrogens is 2. The van der Waals surface area contributed by atoms with E-state index in [0.29, 0.717) is 11.3 Å². The Morgan fingerprint density at radius 3 is 2.95 bits per heavy atom. The average Bonchev–Trinajstić information content (AvgIpc) is 2.92. The van der Waals surface area contributed by atoms with Crippen molar-refractivity contribution in [3.8, 4) is 6.07 Å². The Kier molecular flexibility index (Phi) is 3.43. The summed E-state index contributed by atoms with van der Waals surface area (Å²) in [7, 11) is 0. The molecule has 2 N–H and O–H groups in total. The molecule has 0 aliphatic heterocycles. The van der Waals surface area contributed by atoms with E-state index in [1.54, 1.807) is 12.4 Å². The van der Waals surface area contributed by atoms with Crippen molar-refractivity contribution in [2.24, 2.45) is 0 Å². The van der Waals surface area contributed by atoms with Crippen LogP contribution in [-0.2, 0) is 0 Å². The first-order chi connectivity index (χ1) is 9.11. The first kappa shape index (κ1) is 12.6. The number of hydrogen-bond donors (Lipinski definition) is 2. The zero-order chi connectivity index (χ0) is 13.8. The molecule has 0 amide bonds. The van der Waals surface area contributed by atoms with Gasteiger partial charge in [0.05, 0.1) is 28.8 Å². The Hall–Kier alpha value is -2.88. The van der Waals surface area contributed by atoms with Crippen LogP contribution in [0.15, 0.2) is 30.6 Å². The number of hydrogen-bond acceptors (Lipinski definition) is 5. The van der Waals surface area contributed by atoms with E-state index < -0.39 is 4.92 Å². The molecule has 1 heterocycles. The first-order valence-corrected chi connectivity index (χ1v) is 5.55. The van der Waals surface area contributed by atoms with Crippen LogP contribution in [-0.4, -0.2) is 15.1 Å². The van der Waals surface area contributed by atoms with Crippen molar-refractivity contribution >= 4 is 11.4 Å². The van der Waals surface area contributed by atoms with E-state index in [2.05, 4.69) is 15.5 Å². The van der Waals surface area contributed by atoms with Gasteiger partial charge in [-0.1, -0.05) is 0 Å². The molecule has 0 spiro atoms. The number of nitriles is 1. The van der Waals surface area contributed by atoms with Gasteiger partial charge in [-0.2, -0.15) is 10.4 Å². The number of anilines is 1. The van der Waals surface area contributed by atoms with Crippen molar-refractivity contribution in [3.05, 3.63) is 51.8 Å². The van der Waals surface area contributed by atoms with Gasteiger partial charge in [-0.15, -0.1) is 0 Å². The Morgan fingerprint density at radius 2 is 2.37 bits per heavy atom. The molecule has 0 aliphatic carbocycles. The molecule has 96 valence electrons. The number of nitro benzene ring substituents is 1. The van der Waals surface area contributed by atoms with Crippen molar-refractivity contribution in [3.63, 3.8) is 0 Å². The molecule has 1 aromatic carbocycles. The predicted octanol–water partition coefficient (Wildman–Crippen LogP) is 2.36. The van der Waals surface area contributed by atoms with Gasteiger partial charge in [0.1, 0.15) is 5.69 Å². The fourth-order valence-electron chi connectivity index (χ4n) is 1.69. The smallest absolute Gasteiger partial charge is 0.292 e. The summed E-state index contributed by atoms with van der Waals surface area (Å²) >= 11 is 0. The molecule has 1 atom stereocenters. The molecule has 1 unspecified atom stereocenters. The summed E-state index contributed by atoms with van der Waals surface area (Å²) < 4.78 is 0. The number of nitrogens with zero attached hydrogens (tertiary/aromatic N) is 3. The van der Waals surface area contributed by atoms with Gasteiger partial charge in [0.25, 0.3) is 5.69 Å². The van der Waals surface area contributed by atoms with Crippen LogP contribution in [0.3, 0.4) is 0 Å². The second-order valence-corrected chi connectivity index (χ2v) is 4.00. The molecule has 0 fully saturated rings. The minimum atomic E-state index is -0.481. The quantitative estimate of drug-likeness (QED) is 0.645. The van der Waals surface area contributed by atoms with Gasteiger partial charge >= 0.3 is 0 Å². The maximum atomic E-state index is 11.0. The largest absolute Gasteiger partial charge is 0.373 e. The molecule has 0 aliphatic rings. The molecule has 0 radical (unpaired) electrons. The third kappa shape index (κ3) is 2.69. The van der Waals surface area contributed by atoms with E-state index in [4.69, 9.17) is 5.26 Å². The van der Waals surface area contributed by atoms with Crippen LogP contribution in [0.4, 0.5) is 11.4 Å². The average molecular weight is 257 g/mol. The van der Waals surface area contributed by atoms with Gasteiger partial charge in [0.2, 0.25) is 0 Å². The molecule has 1 aromatic heterocycles. The summed E-state index contributed by atoms with van der Waals surface area (Å²) in [6.07, 6.45) is 3.34. The second kappa shape index (κ2) is 5.18. The fraction of sp³-hybridized carbons (Fsp3) is 0.167. The van der Waals surface area contributed by atoms with Crippen LogP contribution in [0, 0.1) is 21.4 Å². The molecule has 7 nitrogen and oxygen atoms in total. The van der Waals surface area contributed by atoms with E-state index in [1.165, 1.54) is 18.2 Å². The molecule has 2 rings (SSSR count). The van der Waals surface area contributed by atoms with E-state index in [0.717, 1.165) is 5.56 Å². The third-order valence-electron chi connectivity index (χ3n) is 2.71. The van der Waals surface area contributed by atoms with E-state index in [9.17, 15) is 10.1 Å². The minimum absolute atomic E-state index is 0.0608. The van der Waals surface area contributed by atoms with Crippen molar-refractivity contribution < 1.29 is 4.92 Å². The highest BCUT2D eigenvalue weighted by atomic mass is 16.6. The maximum Gasteiger partial charge on any atom is 0.292 e. The van der Waals surface area contributed by atoms with Crippen molar-refractivity contribution in [1.29, 1.82) is 5.26 Å². The normalized spacial score (nSPS) is 11.6. The van der Waals surface area contributed by atoms with E-state index >= 15 is 0 Å². The highest BCUT2D eigenvalue weighted by Gasteiger charge is 2.17. The van der Waals surface area contributed by atoms with Crippen LogP contribution >= 0.6 is 0 Å². The van der Waals surface area contributed by atoms with Crippen LogP contribution in [0.5, 0.6) is 0 Å². The predicted molar refractivity (Wildman–Crippen MR) is 68.4 cm³/mol. The molecule has 2 aromatic rings. The molecule has 0 bridgehead atoms. The van der Waals surface area contributed by atoms with Crippen molar-refractivity contribution in [2.75, 3.05) is 5.32 Å². The number of H-pyrrole nitrogens is 1. The topological polar surface area (TPSA) is 108 Å². The molecular formula is C12H11N5O2. The molecule has 0 saturated carbocycles. The number of benzene rings is 1. The molecule has 0 saturated heterocycles. The van der Waals surface area contributed by atoms with Crippen LogP contribution in [0.25, 0.3) is 0 Å². The van der Waals surface area contributed by atoms with Gasteiger partial charge < -0.3 is 5.32 Å². The summed E-state index contributed by atoms with van der Waals surface area (Å²) in [5.41, 5.74) is 1.50. The highest BCUT2D eigenvalue weighted by molar-refractivity contribution is 5.65. The first-order valence-electron chi connectivity index (χ1n) is 5.55. The van der Waals surface area contributed by atoms with Gasteiger partial charge in [0, 0.05) is 17.8 Å². The van der Waals surface area contributed by atoms with Gasteiger partial charge in [-0.3, -0.25) is 15.2 Å². The summed E-state index contributed by atoms with van der Waals surface area (Å²) in [6.45, 7) is 1.85. The second-order valence-electron chi connectivity index (χ2n) is 4.00. The van der Waals surface area contributed by atoms with Crippen LogP contribution in [0.2, 0.25) is 0 Å². The fourth-order valence-corrected chi connectivity index (χ4v) is 1.69. The lowest BCUT2D eigenvalue weighted by atomic mass is 10.1.